The molecule has 0 radical (unpaired) electrons. The summed E-state index contributed by atoms with van der Waals surface area (Å²) in [5, 5.41) is 17.2. The zero-order valence-electron chi connectivity index (χ0n) is 30.1. The molecule has 0 spiro atoms. The van der Waals surface area contributed by atoms with Crippen molar-refractivity contribution in [3.63, 3.8) is 0 Å². The van der Waals surface area contributed by atoms with Gasteiger partial charge in [0.15, 0.2) is 0 Å². The summed E-state index contributed by atoms with van der Waals surface area (Å²) in [4.78, 5) is 0. The minimum Gasteiger partial charge on any atom is -0.427 e. The zero-order valence-corrected chi connectivity index (χ0v) is 38.9. The van der Waals surface area contributed by atoms with Gasteiger partial charge in [-0.25, -0.2) is 0 Å². The van der Waals surface area contributed by atoms with Crippen LogP contribution in [0.1, 0.15) is 173 Å². The van der Waals surface area contributed by atoms with Crippen LogP contribution in [-0.2, 0) is 75.8 Å². The summed E-state index contributed by atoms with van der Waals surface area (Å²) in [7, 11) is -1.06. The van der Waals surface area contributed by atoms with E-state index in [1.54, 1.807) is 51.4 Å². The molecule has 0 aromatic rings. The Morgan fingerprint density at radius 1 is 0.326 bits per heavy atom. The van der Waals surface area contributed by atoms with Gasteiger partial charge in [-0.05, 0) is 5.82 Å². The summed E-state index contributed by atoms with van der Waals surface area (Å²) < 4.78 is 2.72. The first-order valence-corrected chi connectivity index (χ1v) is 22.5. The molecule has 0 bridgehead atoms. The van der Waals surface area contributed by atoms with Crippen molar-refractivity contribution >= 4 is 7.12 Å². The minimum absolute atomic E-state index is 0. The molecule has 0 aromatic heterocycles. The Morgan fingerprint density at radius 2 is 0.512 bits per heavy atom. The number of hydrogen-bond acceptors (Lipinski definition) is 2. The monoisotopic (exact) mass is 922 g/mol. The van der Waals surface area contributed by atoms with Gasteiger partial charge in [-0.1, -0.05) is 122 Å². The first-order chi connectivity index (χ1) is 16.8. The normalized spacial score (nSPS) is 19.5. The fraction of sp³-hybridized carbons (Fsp3) is 0.833. The molecule has 0 amide bonds. The van der Waals surface area contributed by atoms with Crippen LogP contribution in [0.15, 0.2) is 0 Å². The Balaban J connectivity index is -0.0000000582. The van der Waals surface area contributed by atoms with Crippen LogP contribution in [0.2, 0.25) is 12.7 Å². The molecule has 0 aromatic carbocycles. The third-order valence-electron chi connectivity index (χ3n) is 9.19. The molecule has 0 unspecified atom stereocenters. The van der Waals surface area contributed by atoms with Crippen LogP contribution in [0, 0.1) is 44.6 Å². The largest absolute Gasteiger partial charge is 2.00 e. The van der Waals surface area contributed by atoms with Gasteiger partial charge in [0.25, 0.3) is 0 Å². The Kier molecular flexibility index (Phi) is 69.4. The molecule has 262 valence electrons. The second kappa shape index (κ2) is 46.6. The molecule has 6 aliphatic rings. The van der Waals surface area contributed by atoms with Gasteiger partial charge in [-0.2, -0.15) is 0 Å². The Labute approximate surface area is 320 Å². The van der Waals surface area contributed by atoms with E-state index in [9.17, 15) is 0 Å². The molecule has 6 saturated carbocycles. The van der Waals surface area contributed by atoms with Gasteiger partial charge < -0.3 is 54.6 Å². The first kappa shape index (κ1) is 64.1. The van der Waals surface area contributed by atoms with Crippen molar-refractivity contribution in [2.45, 2.75) is 186 Å². The summed E-state index contributed by atoms with van der Waals surface area (Å²) in [6, 6.07) is 0. The van der Waals surface area contributed by atoms with Crippen LogP contribution in [0.5, 0.6) is 0 Å². The summed E-state index contributed by atoms with van der Waals surface area (Å²) in [5.41, 5.74) is 0. The van der Waals surface area contributed by atoms with Crippen LogP contribution in [0.3, 0.4) is 0 Å². The zero-order chi connectivity index (χ0) is 24.1. The number of hydrogen-bond donors (Lipinski definition) is 2. The van der Waals surface area contributed by atoms with Crippen LogP contribution < -0.4 is 0 Å². The van der Waals surface area contributed by atoms with Crippen molar-refractivity contribution in [1.82, 2.24) is 0 Å². The smallest absolute Gasteiger partial charge is 0.427 e. The van der Waals surface area contributed by atoms with Crippen molar-refractivity contribution in [3.05, 3.63) is 44.6 Å². The van der Waals surface area contributed by atoms with E-state index < -0.39 is 7.12 Å². The van der Waals surface area contributed by atoms with E-state index in [1.165, 1.54) is 116 Å². The molecule has 2 N–H and O–H groups in total. The van der Waals surface area contributed by atoms with Crippen molar-refractivity contribution < 1.29 is 85.8 Å². The molecule has 0 saturated heterocycles. The van der Waals surface area contributed by atoms with Crippen LogP contribution in [0.25, 0.3) is 0 Å². The molecular formula is C36H77BFe3HgO2. The molecule has 6 rings (SSSR count). The molecule has 7 heteroatoms. The van der Waals surface area contributed by atoms with Gasteiger partial charge in [0.05, 0.1) is 0 Å². The molecule has 43 heavy (non-hydrogen) atoms. The third-order valence-corrected chi connectivity index (χ3v) is 20.7. The maximum atomic E-state index is 8.61. The predicted molar refractivity (Wildman–Crippen MR) is 185 cm³/mol. The van der Waals surface area contributed by atoms with Gasteiger partial charge in [-0.3, -0.25) is 0 Å². The van der Waals surface area contributed by atoms with E-state index in [1.807, 2.05) is 0 Å². The third kappa shape index (κ3) is 37.2. The fourth-order valence-electron chi connectivity index (χ4n) is 6.87. The molecule has 0 atom stereocenters. The van der Waals surface area contributed by atoms with Crippen LogP contribution >= 0.6 is 0 Å². The summed E-state index contributed by atoms with van der Waals surface area (Å²) in [6.45, 7) is 0. The second-order valence-corrected chi connectivity index (χ2v) is 23.1. The van der Waals surface area contributed by atoms with E-state index in [0.29, 0.717) is 0 Å². The van der Waals surface area contributed by atoms with Crippen molar-refractivity contribution in [3.8, 4) is 0 Å². The quantitative estimate of drug-likeness (QED) is 0.219. The molecule has 0 heterocycles. The van der Waals surface area contributed by atoms with E-state index in [4.69, 9.17) is 10.0 Å². The Morgan fingerprint density at radius 3 is 0.674 bits per heavy atom. The maximum Gasteiger partial charge on any atom is 2.00 e. The Hall–Kier alpha value is 2.48. The summed E-state index contributed by atoms with van der Waals surface area (Å²) in [6.07, 6.45) is 39.8. The van der Waals surface area contributed by atoms with Gasteiger partial charge in [0.2, 0.25) is 0 Å². The molecular weight excluding hydrogens is 843 g/mol. The predicted octanol–water partition coefficient (Wildman–Crippen LogP) is 12.7. The second-order valence-electron chi connectivity index (χ2n) is 12.3. The van der Waals surface area contributed by atoms with Crippen molar-refractivity contribution in [2.24, 2.45) is 0 Å². The van der Waals surface area contributed by atoms with E-state index >= 15 is 0 Å². The molecule has 6 fully saturated rings. The number of rotatable bonds is 3. The average Bonchev–Trinajstić information content (AvgIpc) is 3.73. The van der Waals surface area contributed by atoms with Crippen LogP contribution in [0.4, 0.5) is 0 Å². The Bertz CT molecular complexity index is 374. The van der Waals surface area contributed by atoms with Crippen molar-refractivity contribution in [2.75, 3.05) is 0 Å². The minimum atomic E-state index is -1.06. The molecule has 2 nitrogen and oxygen atoms in total. The maximum absolute atomic E-state index is 8.61. The average molecular weight is 921 g/mol. The standard InChI is InChI=1S/C5H11BO2.3C5H10.2C5H9.6CH3.3Fe.Hg/c7-6(8)5-3-1-2-4-5;5*1-2-4-5-3-1;;;;;;;;;;/h5,7-8H,1-4H2;3*1-5H2;2*1H,2-5H2;6*1H3;;;;/q;;;;;;6*-1;3*+2;. The SMILES string of the molecule is C1CCCC1.C1CCCC1.C1CCCC1.C1CC[CH]([Hg][CH]2CCCC2)C1.OB(O)C1CCCC1.[CH3-].[CH3-].[CH3-].[CH3-].[CH3-].[CH3-].[Fe+2].[Fe+2].[Fe+2]. The summed E-state index contributed by atoms with van der Waals surface area (Å²) in [5.74, 6) is 0.176. The van der Waals surface area contributed by atoms with E-state index in [-0.39, 0.29) is 126 Å². The van der Waals surface area contributed by atoms with Crippen LogP contribution in [-0.4, -0.2) is 17.2 Å². The van der Waals surface area contributed by atoms with Crippen molar-refractivity contribution in [1.29, 1.82) is 0 Å². The molecule has 0 aliphatic heterocycles. The summed E-state index contributed by atoms with van der Waals surface area (Å²) >= 11 is -0.367. The van der Waals surface area contributed by atoms with Gasteiger partial charge in [0, 0.05) is 0 Å². The van der Waals surface area contributed by atoms with Gasteiger partial charge in [-0.15, -0.1) is 0 Å². The van der Waals surface area contributed by atoms with E-state index in [0.717, 1.165) is 12.8 Å². The molecule has 6 aliphatic carbocycles. The fourth-order valence-corrected chi connectivity index (χ4v) is 18.7. The first-order valence-electron chi connectivity index (χ1n) is 16.1. The topological polar surface area (TPSA) is 40.5 Å². The van der Waals surface area contributed by atoms with E-state index in [2.05, 4.69) is 0 Å². The van der Waals surface area contributed by atoms with Gasteiger partial charge in [0.1, 0.15) is 0 Å². The van der Waals surface area contributed by atoms with Gasteiger partial charge >= 0.3 is 141 Å².